The van der Waals surface area contributed by atoms with E-state index in [1.54, 1.807) is 19.3 Å². The van der Waals surface area contributed by atoms with Gasteiger partial charge in [0.25, 0.3) is 5.56 Å². The maximum absolute atomic E-state index is 15.2. The van der Waals surface area contributed by atoms with E-state index in [1.807, 2.05) is 23.9 Å². The Bertz CT molecular complexity index is 2820. The standard InChI is InChI=1S/C49H58ClF2N11O4/c1-28(29-12-18-62(19-13-29)32-7-8-33-38(25-32)60(3)58-40(33)34-9-11-39(64)55-45(34)65)61-20-14-48(15-21-61)16-22-63(23-17-48)47-53-26-36(50)44(57-47)54-31-6-10-37-35(24-31)41-42(46(66)59(37)2)67-27-49(51,52)43(56-41)30-4-5-30/h6-8,10,24-26,28-30,34,43,56H,4-5,9,11-23,27H2,1-3H3,(H,53,54,57)(H,55,64,65)/t28-,34?,43+/m1/s1. The zero-order valence-electron chi connectivity index (χ0n) is 38.3. The number of nitrogens with zero attached hydrogens (tertiary/aromatic N) is 8. The molecule has 11 rings (SSSR count). The van der Waals surface area contributed by atoms with Crippen molar-refractivity contribution in [1.82, 2.24) is 34.5 Å². The topological polar surface area (TPSA) is 155 Å². The number of aryl methyl sites for hydroxylation is 2. The summed E-state index contributed by atoms with van der Waals surface area (Å²) in [6.07, 6.45) is 10.6. The molecule has 1 spiro atoms. The minimum Gasteiger partial charge on any atom is -0.480 e. The number of fused-ring (bicyclic) bond motifs is 4. The van der Waals surface area contributed by atoms with Crippen LogP contribution >= 0.6 is 11.6 Å². The number of carbonyl (C=O) groups excluding carboxylic acids is 2. The van der Waals surface area contributed by atoms with Gasteiger partial charge >= 0.3 is 5.92 Å². The van der Waals surface area contributed by atoms with Crippen LogP contribution in [0.1, 0.15) is 82.7 Å². The van der Waals surface area contributed by atoms with Crippen LogP contribution in [0.15, 0.2) is 47.4 Å². The Kier molecular flexibility index (Phi) is 11.1. The Morgan fingerprint density at radius 2 is 1.63 bits per heavy atom. The second kappa shape index (κ2) is 16.9. The molecule has 3 aromatic heterocycles. The molecule has 354 valence electrons. The number of rotatable bonds is 8. The van der Waals surface area contributed by atoms with E-state index in [2.05, 4.69) is 60.8 Å². The van der Waals surface area contributed by atoms with Gasteiger partial charge in [-0.2, -0.15) is 10.1 Å². The Hall–Kier alpha value is -5.55. The van der Waals surface area contributed by atoms with Crippen molar-refractivity contribution >= 4 is 74.0 Å². The molecule has 18 heteroatoms. The van der Waals surface area contributed by atoms with Gasteiger partial charge in [0.1, 0.15) is 5.02 Å². The molecule has 0 bridgehead atoms. The fourth-order valence-corrected chi connectivity index (χ4v) is 11.9. The van der Waals surface area contributed by atoms with Crippen LogP contribution in [0.4, 0.5) is 37.6 Å². The van der Waals surface area contributed by atoms with Gasteiger partial charge in [-0.3, -0.25) is 24.4 Å². The van der Waals surface area contributed by atoms with Gasteiger partial charge in [-0.05, 0) is 131 Å². The number of piperidine rings is 4. The lowest BCUT2D eigenvalue weighted by Crippen LogP contribution is -2.51. The third-order valence-corrected chi connectivity index (χ3v) is 16.4. The number of nitrogens with one attached hydrogen (secondary N) is 3. The smallest absolute Gasteiger partial charge is 0.301 e. The van der Waals surface area contributed by atoms with Gasteiger partial charge in [-0.15, -0.1) is 0 Å². The average molecular weight is 939 g/mol. The third-order valence-electron chi connectivity index (χ3n) is 16.2. The molecule has 67 heavy (non-hydrogen) atoms. The van der Waals surface area contributed by atoms with Crippen molar-refractivity contribution in [3.05, 3.63) is 63.7 Å². The molecule has 3 atom stereocenters. The molecule has 1 saturated carbocycles. The average Bonchev–Trinajstić information content (AvgIpc) is 4.14. The number of imide groups is 1. The van der Waals surface area contributed by atoms with E-state index in [0.717, 1.165) is 81.5 Å². The number of hydrogen-bond donors (Lipinski definition) is 3. The van der Waals surface area contributed by atoms with Crippen LogP contribution in [0, 0.1) is 17.3 Å². The number of amides is 2. The second-order valence-electron chi connectivity index (χ2n) is 20.1. The van der Waals surface area contributed by atoms with Crippen molar-refractivity contribution in [1.29, 1.82) is 0 Å². The van der Waals surface area contributed by atoms with Crippen LogP contribution < -0.4 is 36.0 Å². The molecular weight excluding hydrogens is 880 g/mol. The molecule has 3 N–H and O–H groups in total. The van der Waals surface area contributed by atoms with Crippen molar-refractivity contribution in [3.8, 4) is 5.75 Å². The van der Waals surface area contributed by atoms with E-state index in [4.69, 9.17) is 26.4 Å². The largest absolute Gasteiger partial charge is 0.480 e. The molecular formula is C49H58ClF2N11O4. The molecule has 2 amide bonds. The van der Waals surface area contributed by atoms with E-state index in [9.17, 15) is 14.4 Å². The van der Waals surface area contributed by atoms with Crippen molar-refractivity contribution in [3.63, 3.8) is 0 Å². The van der Waals surface area contributed by atoms with Crippen LogP contribution in [0.25, 0.3) is 21.8 Å². The normalized spacial score (nSPS) is 24.0. The zero-order chi connectivity index (χ0) is 46.4. The van der Waals surface area contributed by atoms with Crippen molar-refractivity contribution in [2.75, 3.05) is 66.3 Å². The first-order chi connectivity index (χ1) is 32.2. The van der Waals surface area contributed by atoms with Crippen molar-refractivity contribution in [2.24, 2.45) is 31.3 Å². The fraction of sp³-hybridized carbons (Fsp3) is 0.551. The summed E-state index contributed by atoms with van der Waals surface area (Å²) in [5.74, 6) is -2.61. The van der Waals surface area contributed by atoms with Crippen LogP contribution in [0.2, 0.25) is 5.02 Å². The molecule has 1 unspecified atom stereocenters. The molecule has 6 aliphatic rings. The van der Waals surface area contributed by atoms with E-state index in [-0.39, 0.29) is 29.2 Å². The van der Waals surface area contributed by atoms with Gasteiger partial charge in [0.2, 0.25) is 23.5 Å². The Labute approximate surface area is 392 Å². The number of hydrogen-bond acceptors (Lipinski definition) is 12. The maximum Gasteiger partial charge on any atom is 0.301 e. The molecule has 4 saturated heterocycles. The van der Waals surface area contributed by atoms with Crippen molar-refractivity contribution in [2.45, 2.75) is 95.1 Å². The van der Waals surface area contributed by atoms with Gasteiger partial charge in [-0.25, -0.2) is 13.8 Å². The van der Waals surface area contributed by atoms with Gasteiger partial charge in [-0.1, -0.05) is 11.6 Å². The Morgan fingerprint density at radius 3 is 2.36 bits per heavy atom. The summed E-state index contributed by atoms with van der Waals surface area (Å²) in [6.45, 7) is 7.49. The monoisotopic (exact) mass is 937 g/mol. The first-order valence-electron chi connectivity index (χ1n) is 24.0. The fourth-order valence-electron chi connectivity index (χ4n) is 11.7. The quantitative estimate of drug-likeness (QED) is 0.134. The zero-order valence-corrected chi connectivity index (χ0v) is 39.0. The van der Waals surface area contributed by atoms with E-state index in [1.165, 1.54) is 23.1 Å². The number of anilines is 5. The van der Waals surface area contributed by atoms with E-state index >= 15 is 8.78 Å². The summed E-state index contributed by atoms with van der Waals surface area (Å²) in [5, 5.41) is 15.5. The molecule has 5 aliphatic heterocycles. The molecule has 5 aromatic rings. The van der Waals surface area contributed by atoms with E-state index in [0.29, 0.717) is 76.4 Å². The lowest BCUT2D eigenvalue weighted by atomic mass is 9.70. The number of alkyl halides is 2. The van der Waals surface area contributed by atoms with Crippen LogP contribution in [0.5, 0.6) is 5.75 Å². The minimum absolute atomic E-state index is 0.0971. The van der Waals surface area contributed by atoms with Gasteiger partial charge in [0, 0.05) is 74.9 Å². The lowest BCUT2D eigenvalue weighted by Gasteiger charge is -2.49. The Balaban J connectivity index is 0.696. The van der Waals surface area contributed by atoms with Crippen LogP contribution in [0.3, 0.4) is 0 Å². The highest BCUT2D eigenvalue weighted by Gasteiger charge is 2.51. The molecule has 0 radical (unpaired) electrons. The first-order valence-corrected chi connectivity index (χ1v) is 24.4. The summed E-state index contributed by atoms with van der Waals surface area (Å²) < 4.78 is 39.3. The number of benzene rings is 2. The minimum atomic E-state index is -3.13. The summed E-state index contributed by atoms with van der Waals surface area (Å²) >= 11 is 6.69. The highest BCUT2D eigenvalue weighted by molar-refractivity contribution is 6.33. The highest BCUT2D eigenvalue weighted by atomic mass is 35.5. The number of pyridine rings is 1. The predicted molar refractivity (Wildman–Crippen MR) is 255 cm³/mol. The molecule has 2 aromatic carbocycles. The van der Waals surface area contributed by atoms with Gasteiger partial charge in [0.15, 0.2) is 12.4 Å². The maximum atomic E-state index is 15.2. The molecule has 5 fully saturated rings. The lowest BCUT2D eigenvalue weighted by molar-refractivity contribution is -0.134. The van der Waals surface area contributed by atoms with Gasteiger partial charge < -0.3 is 34.6 Å². The highest BCUT2D eigenvalue weighted by Crippen LogP contribution is 2.47. The number of ether oxygens (including phenoxy) is 1. The summed E-state index contributed by atoms with van der Waals surface area (Å²) in [5.41, 5.74) is 4.28. The predicted octanol–water partition coefficient (Wildman–Crippen LogP) is 7.34. The summed E-state index contributed by atoms with van der Waals surface area (Å²) in [7, 11) is 3.54. The molecule has 8 heterocycles. The number of carbonyl (C=O) groups is 2. The second-order valence-corrected chi connectivity index (χ2v) is 20.5. The number of likely N-dealkylation sites (tertiary alicyclic amines) is 1. The molecule has 15 nitrogen and oxygen atoms in total. The third kappa shape index (κ3) is 8.12. The first kappa shape index (κ1) is 44.0. The Morgan fingerprint density at radius 1 is 0.881 bits per heavy atom. The summed E-state index contributed by atoms with van der Waals surface area (Å²) in [4.78, 5) is 54.7. The molecule has 1 aliphatic carbocycles. The van der Waals surface area contributed by atoms with Crippen LogP contribution in [-0.2, 0) is 23.7 Å². The van der Waals surface area contributed by atoms with E-state index < -0.39 is 30.0 Å². The van der Waals surface area contributed by atoms with Crippen LogP contribution in [-0.4, -0.2) is 105 Å². The van der Waals surface area contributed by atoms with Gasteiger partial charge in [0.05, 0.1) is 40.6 Å². The number of aromatic nitrogens is 5. The van der Waals surface area contributed by atoms with Crippen molar-refractivity contribution < 1.29 is 23.1 Å². The number of halogens is 3. The summed E-state index contributed by atoms with van der Waals surface area (Å²) in [6, 6.07) is 11.3. The SMILES string of the molecule is C[C@H](C1CCN(c2ccc3c(C4CCC(=O)NC4=O)nn(C)c3c2)CC1)N1CCC2(CCN(c3ncc(Cl)c(Nc4ccc5c(c4)c4c(c(=O)n5C)OCC(F)(F)[C@H](C5CC5)N4)n3)CC2)CC1.